The number of hydrogen-bond acceptors (Lipinski definition) is 5. The molecule has 170 valence electrons. The number of carbonyl (C=O) groups is 2. The highest BCUT2D eigenvalue weighted by molar-refractivity contribution is 5.99. The highest BCUT2D eigenvalue weighted by Gasteiger charge is 2.34. The first-order valence-electron chi connectivity index (χ1n) is 11.2. The largest absolute Gasteiger partial charge is 0.338 e. The van der Waals surface area contributed by atoms with Crippen molar-refractivity contribution in [2.75, 3.05) is 11.9 Å². The van der Waals surface area contributed by atoms with Gasteiger partial charge in [0, 0.05) is 25.1 Å². The Balaban J connectivity index is 1.31. The average Bonchev–Trinajstić information content (AvgIpc) is 3.48. The minimum absolute atomic E-state index is 0.0167. The summed E-state index contributed by atoms with van der Waals surface area (Å²) in [6.45, 7) is 2.90. The molecule has 1 aliphatic heterocycles. The van der Waals surface area contributed by atoms with Crippen LogP contribution < -0.4 is 5.32 Å². The molecule has 0 spiro atoms. The molecule has 3 aromatic carbocycles. The van der Waals surface area contributed by atoms with Crippen LogP contribution >= 0.6 is 0 Å². The number of carbonyl (C=O) groups excluding carboxylic acids is 2. The van der Waals surface area contributed by atoms with Crippen LogP contribution in [0.1, 0.15) is 17.5 Å². The number of nitrogens with zero attached hydrogens (tertiary/aromatic N) is 3. The summed E-state index contributed by atoms with van der Waals surface area (Å²) < 4.78 is 5.52. The van der Waals surface area contributed by atoms with Crippen molar-refractivity contribution in [3.63, 3.8) is 0 Å². The summed E-state index contributed by atoms with van der Waals surface area (Å²) in [6, 6.07) is 24.9. The van der Waals surface area contributed by atoms with Crippen LogP contribution in [0.5, 0.6) is 0 Å². The third-order valence-electron chi connectivity index (χ3n) is 5.92. The summed E-state index contributed by atoms with van der Waals surface area (Å²) in [7, 11) is 0. The van der Waals surface area contributed by atoms with E-state index in [1.165, 1.54) is 0 Å². The van der Waals surface area contributed by atoms with E-state index >= 15 is 0 Å². The molecular formula is C27H24N4O3. The van der Waals surface area contributed by atoms with E-state index in [0.29, 0.717) is 36.1 Å². The van der Waals surface area contributed by atoms with Gasteiger partial charge >= 0.3 is 0 Å². The van der Waals surface area contributed by atoms with Crippen LogP contribution in [0, 0.1) is 12.8 Å². The molecule has 7 heteroatoms. The predicted octanol–water partition coefficient (Wildman–Crippen LogP) is 4.70. The van der Waals surface area contributed by atoms with Crippen LogP contribution in [0.3, 0.4) is 0 Å². The Morgan fingerprint density at radius 3 is 2.68 bits per heavy atom. The highest BCUT2D eigenvalue weighted by atomic mass is 16.5. The fourth-order valence-corrected chi connectivity index (χ4v) is 4.15. The molecule has 34 heavy (non-hydrogen) atoms. The lowest BCUT2D eigenvalue weighted by atomic mass is 10.1. The fourth-order valence-electron chi connectivity index (χ4n) is 4.15. The molecule has 1 N–H and O–H groups in total. The number of nitrogens with one attached hydrogen (secondary N) is 1. The van der Waals surface area contributed by atoms with Crippen LogP contribution in [0.15, 0.2) is 83.4 Å². The standard InChI is InChI=1S/C27H24N4O3/c1-18-8-7-11-20(14-18)25-29-27(34-30-25)22-12-5-6-13-23(22)28-26(33)21-15-24(32)31(17-21)16-19-9-3-2-4-10-19/h2-14,21H,15-17H2,1H3,(H,28,33). The van der Waals surface area contributed by atoms with Crippen LogP contribution in [-0.4, -0.2) is 33.4 Å². The molecule has 7 nitrogen and oxygen atoms in total. The number of anilines is 1. The predicted molar refractivity (Wildman–Crippen MR) is 129 cm³/mol. The van der Waals surface area contributed by atoms with Gasteiger partial charge in [0.15, 0.2) is 0 Å². The van der Waals surface area contributed by atoms with Crippen molar-refractivity contribution < 1.29 is 14.1 Å². The van der Waals surface area contributed by atoms with Gasteiger partial charge in [0.25, 0.3) is 5.89 Å². The molecule has 0 radical (unpaired) electrons. The first-order chi connectivity index (χ1) is 16.6. The number of aromatic nitrogens is 2. The van der Waals surface area contributed by atoms with Crippen molar-refractivity contribution in [2.24, 2.45) is 5.92 Å². The minimum atomic E-state index is -0.421. The number of para-hydroxylation sites is 1. The number of likely N-dealkylation sites (tertiary alicyclic amines) is 1. The average molecular weight is 453 g/mol. The first-order valence-corrected chi connectivity index (χ1v) is 11.2. The molecule has 4 aromatic rings. The van der Waals surface area contributed by atoms with E-state index in [9.17, 15) is 9.59 Å². The molecule has 0 bridgehead atoms. The normalized spacial score (nSPS) is 15.5. The summed E-state index contributed by atoms with van der Waals surface area (Å²) >= 11 is 0. The van der Waals surface area contributed by atoms with Gasteiger partial charge in [-0.3, -0.25) is 9.59 Å². The first kappa shape index (κ1) is 21.6. The summed E-state index contributed by atoms with van der Waals surface area (Å²) in [5.74, 6) is 0.167. The van der Waals surface area contributed by atoms with Gasteiger partial charge in [-0.15, -0.1) is 0 Å². The Labute approximate surface area is 197 Å². The molecule has 1 unspecified atom stereocenters. The SMILES string of the molecule is Cc1cccc(-c2noc(-c3ccccc3NC(=O)C3CC(=O)N(Cc4ccccc4)C3)n2)c1. The summed E-state index contributed by atoms with van der Waals surface area (Å²) in [4.78, 5) is 31.8. The van der Waals surface area contributed by atoms with Crippen molar-refractivity contribution in [1.29, 1.82) is 0 Å². The molecular weight excluding hydrogens is 428 g/mol. The molecule has 1 aromatic heterocycles. The van der Waals surface area contributed by atoms with Gasteiger partial charge in [-0.2, -0.15) is 4.98 Å². The second-order valence-electron chi connectivity index (χ2n) is 8.49. The Bertz CT molecular complexity index is 1330. The van der Waals surface area contributed by atoms with Gasteiger partial charge in [0.05, 0.1) is 17.2 Å². The van der Waals surface area contributed by atoms with Crippen molar-refractivity contribution in [2.45, 2.75) is 19.9 Å². The van der Waals surface area contributed by atoms with Crippen LogP contribution in [0.2, 0.25) is 0 Å². The molecule has 0 saturated carbocycles. The van der Waals surface area contributed by atoms with Gasteiger partial charge in [0.1, 0.15) is 0 Å². The van der Waals surface area contributed by atoms with E-state index in [-0.39, 0.29) is 18.2 Å². The Hall–Kier alpha value is -4.26. The zero-order valence-corrected chi connectivity index (χ0v) is 18.8. The second kappa shape index (κ2) is 9.31. The highest BCUT2D eigenvalue weighted by Crippen LogP contribution is 2.30. The molecule has 1 fully saturated rings. The van der Waals surface area contributed by atoms with E-state index in [0.717, 1.165) is 16.7 Å². The van der Waals surface area contributed by atoms with Gasteiger partial charge in [-0.1, -0.05) is 71.4 Å². The number of benzene rings is 3. The van der Waals surface area contributed by atoms with E-state index in [1.807, 2.05) is 79.7 Å². The van der Waals surface area contributed by atoms with Crippen molar-refractivity contribution >= 4 is 17.5 Å². The molecule has 0 aliphatic carbocycles. The maximum absolute atomic E-state index is 13.0. The number of hydrogen-bond donors (Lipinski definition) is 1. The molecule has 1 aliphatic rings. The molecule has 2 amide bonds. The number of amides is 2. The van der Waals surface area contributed by atoms with Gasteiger partial charge in [-0.25, -0.2) is 0 Å². The van der Waals surface area contributed by atoms with E-state index in [1.54, 1.807) is 11.0 Å². The molecule has 2 heterocycles. The monoisotopic (exact) mass is 452 g/mol. The Kier molecular flexibility index (Phi) is 5.91. The van der Waals surface area contributed by atoms with Crippen molar-refractivity contribution in [1.82, 2.24) is 15.0 Å². The maximum atomic E-state index is 13.0. The minimum Gasteiger partial charge on any atom is -0.338 e. The molecule has 1 atom stereocenters. The van der Waals surface area contributed by atoms with Crippen molar-refractivity contribution in [3.05, 3.63) is 90.0 Å². The molecule has 1 saturated heterocycles. The maximum Gasteiger partial charge on any atom is 0.260 e. The smallest absolute Gasteiger partial charge is 0.260 e. The summed E-state index contributed by atoms with van der Waals surface area (Å²) in [5, 5.41) is 7.08. The number of aryl methyl sites for hydroxylation is 1. The quantitative estimate of drug-likeness (QED) is 0.458. The van der Waals surface area contributed by atoms with E-state index in [2.05, 4.69) is 15.5 Å². The lowest BCUT2D eigenvalue weighted by Gasteiger charge is -2.17. The Morgan fingerprint density at radius 2 is 1.85 bits per heavy atom. The van der Waals surface area contributed by atoms with Crippen LogP contribution in [-0.2, 0) is 16.1 Å². The van der Waals surface area contributed by atoms with Gasteiger partial charge in [0.2, 0.25) is 17.6 Å². The topological polar surface area (TPSA) is 88.3 Å². The lowest BCUT2D eigenvalue weighted by molar-refractivity contribution is -0.128. The second-order valence-corrected chi connectivity index (χ2v) is 8.49. The van der Waals surface area contributed by atoms with Crippen LogP contribution in [0.4, 0.5) is 5.69 Å². The van der Waals surface area contributed by atoms with Gasteiger partial charge < -0.3 is 14.7 Å². The summed E-state index contributed by atoms with van der Waals surface area (Å²) in [5.41, 5.74) is 4.21. The number of rotatable bonds is 6. The molecule has 5 rings (SSSR count). The van der Waals surface area contributed by atoms with Crippen molar-refractivity contribution in [3.8, 4) is 22.8 Å². The Morgan fingerprint density at radius 1 is 1.06 bits per heavy atom. The fraction of sp³-hybridized carbons (Fsp3) is 0.185. The van der Waals surface area contributed by atoms with Crippen LogP contribution in [0.25, 0.3) is 22.8 Å². The van der Waals surface area contributed by atoms with Gasteiger partial charge in [-0.05, 0) is 30.7 Å². The lowest BCUT2D eigenvalue weighted by Crippen LogP contribution is -2.28. The third kappa shape index (κ3) is 4.59. The third-order valence-corrected chi connectivity index (χ3v) is 5.92. The zero-order valence-electron chi connectivity index (χ0n) is 18.8. The summed E-state index contributed by atoms with van der Waals surface area (Å²) in [6.07, 6.45) is 0.193. The zero-order chi connectivity index (χ0) is 23.5. The van der Waals surface area contributed by atoms with E-state index < -0.39 is 5.92 Å². The van der Waals surface area contributed by atoms with E-state index in [4.69, 9.17) is 4.52 Å².